The van der Waals surface area contributed by atoms with Crippen molar-refractivity contribution in [1.29, 1.82) is 0 Å². The molecule has 2 fully saturated rings. The zero-order chi connectivity index (χ0) is 14.5. The van der Waals surface area contributed by atoms with Crippen LogP contribution in [0.4, 0.5) is 5.69 Å². The van der Waals surface area contributed by atoms with Crippen LogP contribution >= 0.6 is 0 Å². The predicted molar refractivity (Wildman–Crippen MR) is 89.0 cm³/mol. The maximum atomic E-state index is 6.03. The normalized spacial score (nSPS) is 26.7. The second kappa shape index (κ2) is 7.20. The van der Waals surface area contributed by atoms with Crippen molar-refractivity contribution in [3.05, 3.63) is 24.3 Å². The second-order valence-corrected chi connectivity index (χ2v) is 6.75. The van der Waals surface area contributed by atoms with E-state index in [1.165, 1.54) is 63.5 Å². The fraction of sp³-hybridized carbons (Fsp3) is 0.684. The third kappa shape index (κ3) is 3.93. The van der Waals surface area contributed by atoms with Gasteiger partial charge in [-0.2, -0.15) is 0 Å². The summed E-state index contributed by atoms with van der Waals surface area (Å²) in [5, 5.41) is 3.75. The highest BCUT2D eigenvalue weighted by Crippen LogP contribution is 2.30. The van der Waals surface area contributed by atoms with Gasteiger partial charge in [-0.05, 0) is 68.7 Å². The minimum Gasteiger partial charge on any atom is -0.490 e. The first-order valence-corrected chi connectivity index (χ1v) is 8.88. The van der Waals surface area contributed by atoms with Gasteiger partial charge in [-0.15, -0.1) is 0 Å². The third-order valence-corrected chi connectivity index (χ3v) is 5.24. The fourth-order valence-corrected chi connectivity index (χ4v) is 3.93. The lowest BCUT2D eigenvalue weighted by Gasteiger charge is -2.32. The summed E-state index contributed by atoms with van der Waals surface area (Å²) in [7, 11) is 0. The van der Waals surface area contributed by atoms with Crippen LogP contribution < -0.4 is 10.1 Å². The van der Waals surface area contributed by atoms with Gasteiger partial charge in [0.1, 0.15) is 5.75 Å². The van der Waals surface area contributed by atoms with E-state index in [2.05, 4.69) is 36.5 Å². The number of rotatable bonds is 5. The number of hydrogen-bond donors (Lipinski definition) is 1. The van der Waals surface area contributed by atoms with E-state index < -0.39 is 0 Å². The van der Waals surface area contributed by atoms with Gasteiger partial charge in [-0.25, -0.2) is 0 Å². The number of ether oxygens (including phenoxy) is 1. The van der Waals surface area contributed by atoms with E-state index in [9.17, 15) is 0 Å². The summed E-state index contributed by atoms with van der Waals surface area (Å²) in [6.07, 6.45) is 12.3. The fourth-order valence-electron chi connectivity index (χ4n) is 3.93. The molecule has 0 amide bonds. The SMILES string of the molecule is CCC1CCCCC1Nc1ccc(OC2CCCC2)cc1. The van der Waals surface area contributed by atoms with Gasteiger partial charge in [0.25, 0.3) is 0 Å². The monoisotopic (exact) mass is 287 g/mol. The van der Waals surface area contributed by atoms with Crippen LogP contribution in [0, 0.1) is 5.92 Å². The Bertz CT molecular complexity index is 422. The summed E-state index contributed by atoms with van der Waals surface area (Å²) in [4.78, 5) is 0. The minimum atomic E-state index is 0.451. The Morgan fingerprint density at radius 2 is 1.62 bits per heavy atom. The lowest BCUT2D eigenvalue weighted by Crippen LogP contribution is -2.31. The first kappa shape index (κ1) is 14.7. The smallest absolute Gasteiger partial charge is 0.119 e. The van der Waals surface area contributed by atoms with Crippen molar-refractivity contribution in [3.63, 3.8) is 0 Å². The van der Waals surface area contributed by atoms with Gasteiger partial charge in [-0.1, -0.05) is 26.2 Å². The van der Waals surface area contributed by atoms with E-state index in [0.717, 1.165) is 11.7 Å². The summed E-state index contributed by atoms with van der Waals surface area (Å²) >= 11 is 0. The maximum Gasteiger partial charge on any atom is 0.119 e. The molecule has 0 saturated heterocycles. The Labute approximate surface area is 129 Å². The Morgan fingerprint density at radius 1 is 0.952 bits per heavy atom. The molecule has 0 heterocycles. The topological polar surface area (TPSA) is 21.3 Å². The molecule has 1 aromatic carbocycles. The predicted octanol–water partition coefficient (Wildman–Crippen LogP) is 5.39. The van der Waals surface area contributed by atoms with E-state index in [1.54, 1.807) is 0 Å². The molecule has 0 radical (unpaired) electrons. The molecule has 3 rings (SSSR count). The van der Waals surface area contributed by atoms with Crippen LogP contribution in [0.25, 0.3) is 0 Å². The maximum absolute atomic E-state index is 6.03. The molecule has 2 unspecified atom stereocenters. The number of hydrogen-bond acceptors (Lipinski definition) is 2. The van der Waals surface area contributed by atoms with Crippen LogP contribution in [0.15, 0.2) is 24.3 Å². The number of nitrogens with one attached hydrogen (secondary N) is 1. The lowest BCUT2D eigenvalue weighted by atomic mass is 9.83. The largest absolute Gasteiger partial charge is 0.490 e. The molecule has 2 saturated carbocycles. The molecule has 2 aliphatic carbocycles. The molecular weight excluding hydrogens is 258 g/mol. The Kier molecular flexibility index (Phi) is 5.05. The molecule has 0 bridgehead atoms. The average molecular weight is 287 g/mol. The third-order valence-electron chi connectivity index (χ3n) is 5.24. The molecule has 116 valence electrons. The highest BCUT2D eigenvalue weighted by Gasteiger charge is 2.23. The van der Waals surface area contributed by atoms with E-state index in [4.69, 9.17) is 4.74 Å². The van der Waals surface area contributed by atoms with Gasteiger partial charge in [0.2, 0.25) is 0 Å². The summed E-state index contributed by atoms with van der Waals surface area (Å²) in [6, 6.07) is 9.29. The van der Waals surface area contributed by atoms with E-state index in [-0.39, 0.29) is 0 Å². The highest BCUT2D eigenvalue weighted by atomic mass is 16.5. The summed E-state index contributed by atoms with van der Waals surface area (Å²) in [5.74, 6) is 1.87. The number of anilines is 1. The Hall–Kier alpha value is -1.18. The molecule has 0 aliphatic heterocycles. The van der Waals surface area contributed by atoms with E-state index in [0.29, 0.717) is 12.1 Å². The van der Waals surface area contributed by atoms with E-state index in [1.807, 2.05) is 0 Å². The van der Waals surface area contributed by atoms with Crippen molar-refractivity contribution >= 4 is 5.69 Å². The Balaban J connectivity index is 1.55. The molecule has 21 heavy (non-hydrogen) atoms. The molecule has 0 spiro atoms. The van der Waals surface area contributed by atoms with Crippen LogP contribution in [0.3, 0.4) is 0 Å². The zero-order valence-electron chi connectivity index (χ0n) is 13.3. The van der Waals surface area contributed by atoms with E-state index >= 15 is 0 Å². The van der Waals surface area contributed by atoms with Gasteiger partial charge in [0.15, 0.2) is 0 Å². The number of benzene rings is 1. The second-order valence-electron chi connectivity index (χ2n) is 6.75. The molecule has 2 nitrogen and oxygen atoms in total. The zero-order valence-corrected chi connectivity index (χ0v) is 13.3. The van der Waals surface area contributed by atoms with Gasteiger partial charge in [0, 0.05) is 11.7 Å². The summed E-state index contributed by atoms with van der Waals surface area (Å²) in [6.45, 7) is 2.32. The highest BCUT2D eigenvalue weighted by molar-refractivity contribution is 5.47. The summed E-state index contributed by atoms with van der Waals surface area (Å²) < 4.78 is 6.03. The minimum absolute atomic E-state index is 0.451. The van der Waals surface area contributed by atoms with Crippen LogP contribution in [-0.4, -0.2) is 12.1 Å². The molecular formula is C19H29NO. The van der Waals surface area contributed by atoms with Gasteiger partial charge >= 0.3 is 0 Å². The molecule has 2 heteroatoms. The van der Waals surface area contributed by atoms with Crippen LogP contribution in [0.2, 0.25) is 0 Å². The molecule has 0 aromatic heterocycles. The van der Waals surface area contributed by atoms with Gasteiger partial charge < -0.3 is 10.1 Å². The Morgan fingerprint density at radius 3 is 2.33 bits per heavy atom. The summed E-state index contributed by atoms with van der Waals surface area (Å²) in [5.41, 5.74) is 1.25. The van der Waals surface area contributed by atoms with Crippen molar-refractivity contribution in [2.24, 2.45) is 5.92 Å². The van der Waals surface area contributed by atoms with Crippen molar-refractivity contribution in [2.75, 3.05) is 5.32 Å². The average Bonchev–Trinajstić information content (AvgIpc) is 3.03. The molecule has 2 aliphatic rings. The molecule has 1 aromatic rings. The van der Waals surface area contributed by atoms with Crippen molar-refractivity contribution in [2.45, 2.75) is 76.9 Å². The van der Waals surface area contributed by atoms with Crippen molar-refractivity contribution in [3.8, 4) is 5.75 Å². The first-order valence-electron chi connectivity index (χ1n) is 8.88. The lowest BCUT2D eigenvalue weighted by molar-refractivity contribution is 0.210. The first-order chi connectivity index (χ1) is 10.3. The van der Waals surface area contributed by atoms with Gasteiger partial charge in [-0.3, -0.25) is 0 Å². The molecule has 2 atom stereocenters. The standard InChI is InChI=1S/C19H29NO/c1-2-15-7-3-6-10-19(15)20-16-11-13-18(14-12-16)21-17-8-4-5-9-17/h11-15,17,19-20H,2-10H2,1H3. The molecule has 1 N–H and O–H groups in total. The van der Waals surface area contributed by atoms with Gasteiger partial charge in [0.05, 0.1) is 6.10 Å². The van der Waals surface area contributed by atoms with Crippen LogP contribution in [0.1, 0.15) is 64.7 Å². The quantitative estimate of drug-likeness (QED) is 0.784. The van der Waals surface area contributed by atoms with Crippen LogP contribution in [0.5, 0.6) is 5.75 Å². The van der Waals surface area contributed by atoms with Crippen molar-refractivity contribution in [1.82, 2.24) is 0 Å². The van der Waals surface area contributed by atoms with Crippen molar-refractivity contribution < 1.29 is 4.74 Å². The van der Waals surface area contributed by atoms with Crippen LogP contribution in [-0.2, 0) is 0 Å².